The van der Waals surface area contributed by atoms with Crippen LogP contribution in [0.3, 0.4) is 0 Å². The Bertz CT molecular complexity index is 330. The van der Waals surface area contributed by atoms with Crippen LogP contribution in [0.15, 0.2) is 24.3 Å². The molecule has 0 saturated heterocycles. The summed E-state index contributed by atoms with van der Waals surface area (Å²) in [4.78, 5) is 0. The van der Waals surface area contributed by atoms with Gasteiger partial charge in [0.1, 0.15) is 5.82 Å². The van der Waals surface area contributed by atoms with Crippen molar-refractivity contribution >= 4 is 0 Å². The Labute approximate surface area is 103 Å². The molecule has 17 heavy (non-hydrogen) atoms. The Hall–Kier alpha value is -0.930. The first-order valence-electron chi connectivity index (χ1n) is 6.23. The normalized spacial score (nSPS) is 14.6. The molecule has 0 radical (unpaired) electrons. The van der Waals surface area contributed by atoms with Crippen molar-refractivity contribution < 1.29 is 9.50 Å². The topological polar surface area (TPSA) is 32.3 Å². The zero-order chi connectivity index (χ0) is 12.7. The molecule has 0 aliphatic rings. The fraction of sp³-hybridized carbons (Fsp3) is 0.571. The molecule has 2 atom stereocenters. The van der Waals surface area contributed by atoms with Crippen LogP contribution >= 0.6 is 0 Å². The number of hydrogen-bond acceptors (Lipinski definition) is 2. The van der Waals surface area contributed by atoms with Crippen LogP contribution < -0.4 is 5.32 Å². The Morgan fingerprint density at radius 1 is 1.24 bits per heavy atom. The summed E-state index contributed by atoms with van der Waals surface area (Å²) >= 11 is 0. The van der Waals surface area contributed by atoms with E-state index in [2.05, 4.69) is 19.2 Å². The predicted molar refractivity (Wildman–Crippen MR) is 68.5 cm³/mol. The summed E-state index contributed by atoms with van der Waals surface area (Å²) in [5.41, 5.74) is 1.04. The summed E-state index contributed by atoms with van der Waals surface area (Å²) in [6.07, 6.45) is 2.61. The SMILES string of the molecule is CC(CCc1cccc(F)c1)N[C@H](C)CCO. The number of aliphatic hydroxyl groups excluding tert-OH is 1. The van der Waals surface area contributed by atoms with Gasteiger partial charge in [0.05, 0.1) is 0 Å². The van der Waals surface area contributed by atoms with Gasteiger partial charge in [0, 0.05) is 18.7 Å². The molecule has 0 spiro atoms. The van der Waals surface area contributed by atoms with Crippen LogP contribution in [0.4, 0.5) is 4.39 Å². The molecule has 1 rings (SSSR count). The lowest BCUT2D eigenvalue weighted by Gasteiger charge is -2.19. The molecule has 96 valence electrons. The zero-order valence-corrected chi connectivity index (χ0v) is 10.6. The first kappa shape index (κ1) is 14.1. The van der Waals surface area contributed by atoms with Crippen LogP contribution in [0.1, 0.15) is 32.3 Å². The molecule has 0 aliphatic heterocycles. The average Bonchev–Trinajstić information content (AvgIpc) is 2.27. The lowest BCUT2D eigenvalue weighted by atomic mass is 10.1. The summed E-state index contributed by atoms with van der Waals surface area (Å²) in [5.74, 6) is -0.170. The van der Waals surface area contributed by atoms with Gasteiger partial charge in [-0.25, -0.2) is 4.39 Å². The van der Waals surface area contributed by atoms with Crippen molar-refractivity contribution in [2.75, 3.05) is 6.61 Å². The van der Waals surface area contributed by atoms with E-state index in [-0.39, 0.29) is 12.4 Å². The second kappa shape index (κ2) is 7.41. The molecule has 2 nitrogen and oxygen atoms in total. The third-order valence-electron chi connectivity index (χ3n) is 2.89. The minimum atomic E-state index is -0.170. The van der Waals surface area contributed by atoms with Crippen molar-refractivity contribution in [2.45, 2.75) is 45.2 Å². The molecule has 1 aromatic rings. The minimum absolute atomic E-state index is 0.170. The molecule has 0 amide bonds. The Morgan fingerprint density at radius 2 is 1.94 bits per heavy atom. The summed E-state index contributed by atoms with van der Waals surface area (Å²) in [6.45, 7) is 4.40. The highest BCUT2D eigenvalue weighted by Gasteiger charge is 2.07. The quantitative estimate of drug-likeness (QED) is 0.766. The van der Waals surface area contributed by atoms with Crippen molar-refractivity contribution in [3.05, 3.63) is 35.6 Å². The maximum atomic E-state index is 13.0. The van der Waals surface area contributed by atoms with E-state index in [1.807, 2.05) is 6.07 Å². The number of benzene rings is 1. The highest BCUT2D eigenvalue weighted by molar-refractivity contribution is 5.16. The monoisotopic (exact) mass is 239 g/mol. The average molecular weight is 239 g/mol. The second-order valence-corrected chi connectivity index (χ2v) is 4.65. The van der Waals surface area contributed by atoms with Gasteiger partial charge in [-0.15, -0.1) is 0 Å². The van der Waals surface area contributed by atoms with Crippen LogP contribution in [0, 0.1) is 5.82 Å². The molecule has 3 heteroatoms. The van der Waals surface area contributed by atoms with Crippen molar-refractivity contribution in [1.82, 2.24) is 5.32 Å². The van der Waals surface area contributed by atoms with Crippen LogP contribution in [-0.4, -0.2) is 23.8 Å². The number of aliphatic hydroxyl groups is 1. The number of halogens is 1. The van der Waals surface area contributed by atoms with Crippen LogP contribution in [0.25, 0.3) is 0 Å². The first-order chi connectivity index (χ1) is 8.11. The van der Waals surface area contributed by atoms with E-state index >= 15 is 0 Å². The summed E-state index contributed by atoms with van der Waals surface area (Å²) < 4.78 is 13.0. The third-order valence-corrected chi connectivity index (χ3v) is 2.89. The lowest BCUT2D eigenvalue weighted by molar-refractivity contribution is 0.263. The molecular formula is C14H22FNO. The fourth-order valence-corrected chi connectivity index (χ4v) is 1.92. The molecule has 0 aromatic heterocycles. The Kier molecular flexibility index (Phi) is 6.16. The predicted octanol–water partition coefficient (Wildman–Crippen LogP) is 2.51. The summed E-state index contributed by atoms with van der Waals surface area (Å²) in [7, 11) is 0. The molecule has 0 fully saturated rings. The molecule has 1 aromatic carbocycles. The van der Waals surface area contributed by atoms with Gasteiger partial charge in [-0.1, -0.05) is 12.1 Å². The standard InChI is InChI=1S/C14H22FNO/c1-11(16-12(2)8-9-17)6-7-13-4-3-5-14(15)10-13/h3-5,10-12,16-17H,6-9H2,1-2H3/t11?,12-/m1/s1. The number of rotatable bonds is 7. The second-order valence-electron chi connectivity index (χ2n) is 4.65. The van der Waals surface area contributed by atoms with E-state index in [4.69, 9.17) is 5.11 Å². The third kappa shape index (κ3) is 5.80. The summed E-state index contributed by atoms with van der Waals surface area (Å²) in [6, 6.07) is 7.45. The van der Waals surface area contributed by atoms with E-state index < -0.39 is 0 Å². The zero-order valence-electron chi connectivity index (χ0n) is 10.6. The van der Waals surface area contributed by atoms with E-state index in [1.54, 1.807) is 12.1 Å². The molecule has 1 unspecified atom stereocenters. The number of hydrogen-bond donors (Lipinski definition) is 2. The molecule has 2 N–H and O–H groups in total. The number of nitrogens with one attached hydrogen (secondary N) is 1. The highest BCUT2D eigenvalue weighted by atomic mass is 19.1. The Morgan fingerprint density at radius 3 is 2.59 bits per heavy atom. The van der Waals surface area contributed by atoms with E-state index in [1.165, 1.54) is 6.07 Å². The van der Waals surface area contributed by atoms with Gasteiger partial charge in [0.15, 0.2) is 0 Å². The number of aryl methyl sites for hydroxylation is 1. The minimum Gasteiger partial charge on any atom is -0.396 e. The Balaban J connectivity index is 2.30. The van der Waals surface area contributed by atoms with Gasteiger partial charge in [0.2, 0.25) is 0 Å². The lowest BCUT2D eigenvalue weighted by Crippen LogP contribution is -2.35. The van der Waals surface area contributed by atoms with Gasteiger partial charge >= 0.3 is 0 Å². The maximum absolute atomic E-state index is 13.0. The van der Waals surface area contributed by atoms with Gasteiger partial charge in [-0.05, 0) is 50.8 Å². The largest absolute Gasteiger partial charge is 0.396 e. The van der Waals surface area contributed by atoms with E-state index in [0.717, 1.165) is 24.8 Å². The van der Waals surface area contributed by atoms with E-state index in [9.17, 15) is 4.39 Å². The smallest absolute Gasteiger partial charge is 0.123 e. The maximum Gasteiger partial charge on any atom is 0.123 e. The van der Waals surface area contributed by atoms with E-state index in [0.29, 0.717) is 12.1 Å². The van der Waals surface area contributed by atoms with Crippen molar-refractivity contribution in [3.8, 4) is 0 Å². The van der Waals surface area contributed by atoms with Gasteiger partial charge < -0.3 is 10.4 Å². The highest BCUT2D eigenvalue weighted by Crippen LogP contribution is 2.08. The van der Waals surface area contributed by atoms with Crippen molar-refractivity contribution in [1.29, 1.82) is 0 Å². The molecule has 0 heterocycles. The van der Waals surface area contributed by atoms with Crippen LogP contribution in [0.2, 0.25) is 0 Å². The molecular weight excluding hydrogens is 217 g/mol. The van der Waals surface area contributed by atoms with Gasteiger partial charge in [0.25, 0.3) is 0 Å². The van der Waals surface area contributed by atoms with Crippen molar-refractivity contribution in [2.24, 2.45) is 0 Å². The molecule has 0 bridgehead atoms. The van der Waals surface area contributed by atoms with Crippen LogP contribution in [-0.2, 0) is 6.42 Å². The van der Waals surface area contributed by atoms with Gasteiger partial charge in [-0.3, -0.25) is 0 Å². The molecule has 0 aliphatic carbocycles. The summed E-state index contributed by atoms with van der Waals surface area (Å²) in [5, 5.41) is 12.2. The fourth-order valence-electron chi connectivity index (χ4n) is 1.92. The van der Waals surface area contributed by atoms with Crippen LogP contribution in [0.5, 0.6) is 0 Å². The first-order valence-corrected chi connectivity index (χ1v) is 6.23. The van der Waals surface area contributed by atoms with Crippen molar-refractivity contribution in [3.63, 3.8) is 0 Å². The molecule has 0 saturated carbocycles. The van der Waals surface area contributed by atoms with Gasteiger partial charge in [-0.2, -0.15) is 0 Å².